The predicted octanol–water partition coefficient (Wildman–Crippen LogP) is 3.65. The van der Waals surface area contributed by atoms with E-state index in [0.717, 1.165) is 12.1 Å². The molecule has 1 aromatic carbocycles. The third-order valence-electron chi connectivity index (χ3n) is 3.66. The van der Waals surface area contributed by atoms with Gasteiger partial charge in [0.05, 0.1) is 13.5 Å². The summed E-state index contributed by atoms with van der Waals surface area (Å²) in [4.78, 5) is 11.9. The molecule has 0 amide bonds. The summed E-state index contributed by atoms with van der Waals surface area (Å²) < 4.78 is 59.4. The van der Waals surface area contributed by atoms with Gasteiger partial charge in [-0.15, -0.1) is 13.2 Å². The Morgan fingerprint density at radius 3 is 2.52 bits per heavy atom. The summed E-state index contributed by atoms with van der Waals surface area (Å²) in [6.07, 6.45) is -4.24. The van der Waals surface area contributed by atoms with Crippen molar-refractivity contribution in [1.82, 2.24) is 0 Å². The largest absolute Gasteiger partial charge is 0.572 e. The summed E-state index contributed by atoms with van der Waals surface area (Å²) in [7, 11) is 1.21. The molecule has 0 bridgehead atoms. The normalized spacial score (nSPS) is 21.8. The van der Waals surface area contributed by atoms with E-state index in [0.29, 0.717) is 0 Å². The monoisotopic (exact) mass is 334 g/mol. The van der Waals surface area contributed by atoms with Crippen LogP contribution in [0, 0.1) is 11.7 Å². The molecule has 1 aromatic rings. The van der Waals surface area contributed by atoms with Crippen LogP contribution in [0.2, 0.25) is 0 Å². The Labute approximate surface area is 129 Å². The summed E-state index contributed by atoms with van der Waals surface area (Å²) in [6.45, 7) is 1.53. The number of phenolic OH excluding ortho intramolecular Hbond substituents is 1. The summed E-state index contributed by atoms with van der Waals surface area (Å²) in [6, 6.07) is 2.24. The number of alkyl halides is 3. The van der Waals surface area contributed by atoms with Crippen LogP contribution in [-0.2, 0) is 9.53 Å². The van der Waals surface area contributed by atoms with Crippen LogP contribution in [0.5, 0.6) is 11.5 Å². The molecule has 0 fully saturated rings. The number of methoxy groups -OCH3 is 1. The van der Waals surface area contributed by atoms with Crippen LogP contribution >= 0.6 is 0 Å². The lowest BCUT2D eigenvalue weighted by Crippen LogP contribution is -2.26. The van der Waals surface area contributed by atoms with Gasteiger partial charge in [0.25, 0.3) is 0 Å². The van der Waals surface area contributed by atoms with Gasteiger partial charge in [-0.25, -0.2) is 4.39 Å². The SMILES string of the molecule is COc1cc(C2C=C(OC(F)(F)F)CC(=O)C2C)cc(F)c1O. The van der Waals surface area contributed by atoms with Crippen molar-refractivity contribution in [1.29, 1.82) is 0 Å². The smallest absolute Gasteiger partial charge is 0.502 e. The molecule has 126 valence electrons. The number of Topliss-reactive ketones (excluding diaryl/α,β-unsaturated/α-hetero) is 1. The summed E-state index contributed by atoms with van der Waals surface area (Å²) in [5, 5.41) is 9.49. The number of ether oxygens (including phenoxy) is 2. The fraction of sp³-hybridized carbons (Fsp3) is 0.400. The molecule has 0 saturated heterocycles. The van der Waals surface area contributed by atoms with E-state index in [9.17, 15) is 27.5 Å². The van der Waals surface area contributed by atoms with Crippen LogP contribution in [0.25, 0.3) is 0 Å². The second-order valence-electron chi connectivity index (χ2n) is 5.19. The number of carbonyl (C=O) groups is 1. The number of hydrogen-bond donors (Lipinski definition) is 1. The molecule has 0 spiro atoms. The van der Waals surface area contributed by atoms with Crippen molar-refractivity contribution >= 4 is 5.78 Å². The number of hydrogen-bond acceptors (Lipinski definition) is 4. The maximum atomic E-state index is 13.7. The first-order valence-corrected chi connectivity index (χ1v) is 6.68. The molecule has 1 N–H and O–H groups in total. The van der Waals surface area contributed by atoms with Crippen molar-refractivity contribution in [2.24, 2.45) is 5.92 Å². The Hall–Kier alpha value is -2.25. The second-order valence-corrected chi connectivity index (χ2v) is 5.19. The van der Waals surface area contributed by atoms with E-state index in [1.807, 2.05) is 0 Å². The number of carbonyl (C=O) groups excluding carboxylic acids is 1. The zero-order valence-corrected chi connectivity index (χ0v) is 12.3. The highest BCUT2D eigenvalue weighted by Crippen LogP contribution is 2.40. The van der Waals surface area contributed by atoms with E-state index in [2.05, 4.69) is 4.74 Å². The lowest BCUT2D eigenvalue weighted by Gasteiger charge is -2.27. The Bertz CT molecular complexity index is 652. The standard InChI is InChI=1S/C15H14F4O4/c1-7-10(5-9(6-12(7)20)23-15(17,18)19)8-3-11(16)14(21)13(4-8)22-2/h3-5,7,10,21H,6H2,1-2H3. The minimum Gasteiger partial charge on any atom is -0.502 e. The van der Waals surface area contributed by atoms with Crippen molar-refractivity contribution in [3.05, 3.63) is 35.3 Å². The van der Waals surface area contributed by atoms with E-state index < -0.39 is 47.7 Å². The van der Waals surface area contributed by atoms with Crippen LogP contribution < -0.4 is 4.74 Å². The van der Waals surface area contributed by atoms with Gasteiger partial charge in [0.15, 0.2) is 17.3 Å². The molecule has 2 unspecified atom stereocenters. The Kier molecular flexibility index (Phi) is 4.53. The second kappa shape index (κ2) is 6.10. The molecule has 2 atom stereocenters. The zero-order chi connectivity index (χ0) is 17.4. The minimum atomic E-state index is -4.91. The van der Waals surface area contributed by atoms with Crippen LogP contribution in [0.1, 0.15) is 24.8 Å². The molecular weight excluding hydrogens is 320 g/mol. The van der Waals surface area contributed by atoms with Gasteiger partial charge in [-0.05, 0) is 23.8 Å². The third-order valence-corrected chi connectivity index (χ3v) is 3.66. The number of halogens is 4. The summed E-state index contributed by atoms with van der Waals surface area (Å²) in [5.74, 6) is -4.33. The molecule has 0 heterocycles. The third kappa shape index (κ3) is 3.75. The van der Waals surface area contributed by atoms with E-state index >= 15 is 0 Å². The van der Waals surface area contributed by atoms with Crippen molar-refractivity contribution < 1.29 is 36.9 Å². The van der Waals surface area contributed by atoms with Crippen molar-refractivity contribution in [3.8, 4) is 11.5 Å². The first-order chi connectivity index (χ1) is 10.6. The Morgan fingerprint density at radius 1 is 1.30 bits per heavy atom. The van der Waals surface area contributed by atoms with Gasteiger partial charge in [-0.1, -0.05) is 6.92 Å². The molecule has 4 nitrogen and oxygen atoms in total. The molecule has 0 saturated carbocycles. The zero-order valence-electron chi connectivity index (χ0n) is 12.3. The molecule has 0 aromatic heterocycles. The lowest BCUT2D eigenvalue weighted by atomic mass is 9.79. The van der Waals surface area contributed by atoms with Gasteiger partial charge < -0.3 is 14.6 Å². The molecule has 0 aliphatic heterocycles. The number of ketones is 1. The van der Waals surface area contributed by atoms with E-state index in [4.69, 9.17) is 4.74 Å². The lowest BCUT2D eigenvalue weighted by molar-refractivity contribution is -0.306. The first kappa shape index (κ1) is 17.1. The fourth-order valence-corrected chi connectivity index (χ4v) is 2.48. The van der Waals surface area contributed by atoms with Gasteiger partial charge >= 0.3 is 6.36 Å². The predicted molar refractivity (Wildman–Crippen MR) is 71.4 cm³/mol. The average molecular weight is 334 g/mol. The topological polar surface area (TPSA) is 55.8 Å². The first-order valence-electron chi connectivity index (χ1n) is 6.68. The van der Waals surface area contributed by atoms with Gasteiger partial charge in [-0.2, -0.15) is 0 Å². The summed E-state index contributed by atoms with van der Waals surface area (Å²) >= 11 is 0. The Balaban J connectivity index is 2.45. The minimum absolute atomic E-state index is 0.170. The molecule has 8 heteroatoms. The number of benzene rings is 1. The van der Waals surface area contributed by atoms with Crippen LogP contribution in [0.15, 0.2) is 24.0 Å². The van der Waals surface area contributed by atoms with Crippen LogP contribution in [0.4, 0.5) is 17.6 Å². The van der Waals surface area contributed by atoms with E-state index in [-0.39, 0.29) is 11.3 Å². The van der Waals surface area contributed by atoms with Crippen molar-refractivity contribution in [2.75, 3.05) is 7.11 Å². The maximum Gasteiger partial charge on any atom is 0.572 e. The number of aromatic hydroxyl groups is 1. The molecule has 1 aliphatic rings. The highest BCUT2D eigenvalue weighted by Gasteiger charge is 2.37. The maximum absolute atomic E-state index is 13.7. The van der Waals surface area contributed by atoms with E-state index in [1.54, 1.807) is 0 Å². The molecule has 2 rings (SSSR count). The number of phenols is 1. The van der Waals surface area contributed by atoms with Gasteiger partial charge in [0.2, 0.25) is 0 Å². The van der Waals surface area contributed by atoms with Gasteiger partial charge in [-0.3, -0.25) is 4.79 Å². The molecule has 1 aliphatic carbocycles. The highest BCUT2D eigenvalue weighted by molar-refractivity contribution is 5.85. The average Bonchev–Trinajstić information content (AvgIpc) is 2.43. The summed E-state index contributed by atoms with van der Waals surface area (Å²) in [5.41, 5.74) is 0.209. The molecule has 23 heavy (non-hydrogen) atoms. The number of allylic oxidation sites excluding steroid dienone is 2. The number of rotatable bonds is 3. The van der Waals surface area contributed by atoms with Crippen LogP contribution in [-0.4, -0.2) is 24.4 Å². The van der Waals surface area contributed by atoms with Crippen molar-refractivity contribution in [2.45, 2.75) is 25.6 Å². The quantitative estimate of drug-likeness (QED) is 0.857. The van der Waals surface area contributed by atoms with E-state index in [1.165, 1.54) is 20.1 Å². The molecular formula is C15H14F4O4. The van der Waals surface area contributed by atoms with Gasteiger partial charge in [0.1, 0.15) is 11.5 Å². The van der Waals surface area contributed by atoms with Gasteiger partial charge in [0, 0.05) is 11.8 Å². The van der Waals surface area contributed by atoms with Crippen molar-refractivity contribution in [3.63, 3.8) is 0 Å². The Morgan fingerprint density at radius 2 is 1.96 bits per heavy atom. The van der Waals surface area contributed by atoms with Crippen LogP contribution in [0.3, 0.4) is 0 Å². The fourth-order valence-electron chi connectivity index (χ4n) is 2.48. The highest BCUT2D eigenvalue weighted by atomic mass is 19.4. The molecule has 0 radical (unpaired) electrons.